The lowest BCUT2D eigenvalue weighted by Crippen LogP contribution is -2.15. The minimum Gasteiger partial charge on any atom is -0.389 e. The Morgan fingerprint density at radius 1 is 1.25 bits per heavy atom. The van der Waals surface area contributed by atoms with Crippen LogP contribution in [0.1, 0.15) is 24.2 Å². The van der Waals surface area contributed by atoms with Crippen molar-refractivity contribution < 1.29 is 9.50 Å². The molecule has 2 rings (SSSR count). The van der Waals surface area contributed by atoms with Crippen LogP contribution in [0.2, 0.25) is 0 Å². The van der Waals surface area contributed by atoms with Crippen LogP contribution < -0.4 is 4.90 Å². The summed E-state index contributed by atoms with van der Waals surface area (Å²) in [5, 5.41) is 18.7. The van der Waals surface area contributed by atoms with Gasteiger partial charge >= 0.3 is 0 Å². The van der Waals surface area contributed by atoms with Crippen molar-refractivity contribution in [2.75, 3.05) is 11.9 Å². The summed E-state index contributed by atoms with van der Waals surface area (Å²) in [6, 6.07) is 13.6. The number of hydrogen-bond donors (Lipinski definition) is 1. The fourth-order valence-electron chi connectivity index (χ4n) is 2.14. The van der Waals surface area contributed by atoms with Gasteiger partial charge in [0.05, 0.1) is 23.4 Å². The number of hydrogen-bond acceptors (Lipinski definition) is 3. The molecule has 0 aliphatic rings. The molecule has 0 aromatic heterocycles. The highest BCUT2D eigenvalue weighted by Gasteiger charge is 2.17. The van der Waals surface area contributed by atoms with E-state index in [1.165, 1.54) is 6.07 Å². The summed E-state index contributed by atoms with van der Waals surface area (Å²) in [6.07, 6.45) is -0.776. The van der Waals surface area contributed by atoms with Crippen molar-refractivity contribution in [2.24, 2.45) is 0 Å². The van der Waals surface area contributed by atoms with Gasteiger partial charge in [0.1, 0.15) is 5.82 Å². The average molecular weight is 270 g/mol. The first-order chi connectivity index (χ1) is 9.54. The number of nitriles is 1. The molecule has 102 valence electrons. The molecule has 0 spiro atoms. The average Bonchev–Trinajstić information content (AvgIpc) is 2.46. The number of nitrogens with zero attached hydrogens (tertiary/aromatic N) is 2. The van der Waals surface area contributed by atoms with Crippen molar-refractivity contribution in [3.8, 4) is 6.07 Å². The second-order valence-corrected chi connectivity index (χ2v) is 4.57. The fourth-order valence-corrected chi connectivity index (χ4v) is 2.14. The van der Waals surface area contributed by atoms with Gasteiger partial charge in [0, 0.05) is 18.3 Å². The molecule has 0 radical (unpaired) electrons. The van der Waals surface area contributed by atoms with Crippen LogP contribution in [0.4, 0.5) is 15.8 Å². The Hall–Kier alpha value is -2.38. The Kier molecular flexibility index (Phi) is 4.02. The smallest absolute Gasteiger partial charge is 0.147 e. The van der Waals surface area contributed by atoms with Gasteiger partial charge in [-0.15, -0.1) is 0 Å². The highest BCUT2D eigenvalue weighted by Crippen LogP contribution is 2.33. The standard InChI is InChI=1S/C16H15FN2O/c1-11(20)14-7-4-8-15(17)16(14)19(2)13-6-3-5-12(9-13)10-18/h3-9,11,20H,1-2H3/t11-/m1/s1. The molecule has 2 aromatic carbocycles. The molecule has 0 heterocycles. The lowest BCUT2D eigenvalue weighted by atomic mass is 10.1. The summed E-state index contributed by atoms with van der Waals surface area (Å²) in [5.41, 5.74) is 2.02. The van der Waals surface area contributed by atoms with Crippen LogP contribution in [-0.2, 0) is 0 Å². The lowest BCUT2D eigenvalue weighted by molar-refractivity contribution is 0.199. The maximum atomic E-state index is 14.1. The summed E-state index contributed by atoms with van der Waals surface area (Å²) in [4.78, 5) is 1.64. The Bertz CT molecular complexity index is 662. The van der Waals surface area contributed by atoms with E-state index in [1.807, 2.05) is 0 Å². The van der Waals surface area contributed by atoms with Crippen molar-refractivity contribution in [3.05, 3.63) is 59.4 Å². The van der Waals surface area contributed by atoms with Gasteiger partial charge in [0.15, 0.2) is 0 Å². The van der Waals surface area contributed by atoms with Gasteiger partial charge in [-0.05, 0) is 31.2 Å². The third-order valence-electron chi connectivity index (χ3n) is 3.17. The van der Waals surface area contributed by atoms with Crippen LogP contribution >= 0.6 is 0 Å². The molecule has 3 nitrogen and oxygen atoms in total. The maximum absolute atomic E-state index is 14.1. The second kappa shape index (κ2) is 5.72. The van der Waals surface area contributed by atoms with E-state index in [1.54, 1.807) is 55.3 Å². The second-order valence-electron chi connectivity index (χ2n) is 4.57. The molecule has 1 atom stereocenters. The van der Waals surface area contributed by atoms with Crippen LogP contribution in [0, 0.1) is 17.1 Å². The quantitative estimate of drug-likeness (QED) is 0.928. The van der Waals surface area contributed by atoms with Gasteiger partial charge in [-0.25, -0.2) is 4.39 Å². The first-order valence-electron chi connectivity index (χ1n) is 6.25. The van der Waals surface area contributed by atoms with E-state index in [0.29, 0.717) is 22.5 Å². The number of anilines is 2. The van der Waals surface area contributed by atoms with Crippen LogP contribution in [0.15, 0.2) is 42.5 Å². The van der Waals surface area contributed by atoms with E-state index in [2.05, 4.69) is 6.07 Å². The first kappa shape index (κ1) is 14.0. The maximum Gasteiger partial charge on any atom is 0.147 e. The molecule has 0 amide bonds. The fraction of sp³-hybridized carbons (Fsp3) is 0.188. The number of para-hydroxylation sites is 1. The summed E-state index contributed by atoms with van der Waals surface area (Å²) in [5.74, 6) is -0.409. The molecule has 0 aliphatic carbocycles. The summed E-state index contributed by atoms with van der Waals surface area (Å²) >= 11 is 0. The molecule has 2 aromatic rings. The molecule has 0 unspecified atom stereocenters. The van der Waals surface area contributed by atoms with Crippen LogP contribution in [0.25, 0.3) is 0 Å². The minimum absolute atomic E-state index is 0.317. The molecule has 20 heavy (non-hydrogen) atoms. The molecule has 0 saturated heterocycles. The number of aliphatic hydroxyl groups is 1. The molecule has 4 heteroatoms. The number of halogens is 1. The van der Waals surface area contributed by atoms with E-state index < -0.39 is 11.9 Å². The Labute approximate surface area is 117 Å². The van der Waals surface area contributed by atoms with Crippen LogP contribution in [0.5, 0.6) is 0 Å². The highest BCUT2D eigenvalue weighted by atomic mass is 19.1. The first-order valence-corrected chi connectivity index (χ1v) is 6.25. The van der Waals surface area contributed by atoms with Crippen LogP contribution in [0.3, 0.4) is 0 Å². The van der Waals surface area contributed by atoms with Crippen molar-refractivity contribution in [3.63, 3.8) is 0 Å². The monoisotopic (exact) mass is 270 g/mol. The third-order valence-corrected chi connectivity index (χ3v) is 3.17. The molecular formula is C16H15FN2O. The molecule has 0 aliphatic heterocycles. The predicted molar refractivity (Wildman–Crippen MR) is 76.3 cm³/mol. The Morgan fingerprint density at radius 3 is 2.60 bits per heavy atom. The molecule has 1 N–H and O–H groups in total. The molecule has 0 bridgehead atoms. The van der Waals surface area contributed by atoms with Crippen molar-refractivity contribution in [2.45, 2.75) is 13.0 Å². The Morgan fingerprint density at radius 2 is 1.95 bits per heavy atom. The summed E-state index contributed by atoms with van der Waals surface area (Å²) in [6.45, 7) is 1.60. The zero-order chi connectivity index (χ0) is 14.7. The Balaban J connectivity index is 2.53. The van der Waals surface area contributed by atoms with Crippen molar-refractivity contribution >= 4 is 11.4 Å². The van der Waals surface area contributed by atoms with Crippen molar-refractivity contribution in [1.29, 1.82) is 5.26 Å². The van der Waals surface area contributed by atoms with E-state index in [-0.39, 0.29) is 0 Å². The normalized spacial score (nSPS) is 11.8. The largest absolute Gasteiger partial charge is 0.389 e. The molecular weight excluding hydrogens is 255 g/mol. The van der Waals surface area contributed by atoms with Gasteiger partial charge in [0.25, 0.3) is 0 Å². The van der Waals surface area contributed by atoms with E-state index in [9.17, 15) is 9.50 Å². The van der Waals surface area contributed by atoms with Crippen molar-refractivity contribution in [1.82, 2.24) is 0 Å². The third kappa shape index (κ3) is 2.63. The zero-order valence-electron chi connectivity index (χ0n) is 11.3. The topological polar surface area (TPSA) is 47.3 Å². The summed E-state index contributed by atoms with van der Waals surface area (Å²) < 4.78 is 14.1. The molecule has 0 fully saturated rings. The van der Waals surface area contributed by atoms with E-state index in [4.69, 9.17) is 5.26 Å². The van der Waals surface area contributed by atoms with E-state index >= 15 is 0 Å². The van der Waals surface area contributed by atoms with Gasteiger partial charge in [-0.3, -0.25) is 0 Å². The van der Waals surface area contributed by atoms with Crippen LogP contribution in [-0.4, -0.2) is 12.2 Å². The number of aliphatic hydroxyl groups excluding tert-OH is 1. The van der Waals surface area contributed by atoms with E-state index in [0.717, 1.165) is 0 Å². The minimum atomic E-state index is -0.776. The van der Waals surface area contributed by atoms with Gasteiger partial charge in [-0.1, -0.05) is 18.2 Å². The molecule has 0 saturated carbocycles. The summed E-state index contributed by atoms with van der Waals surface area (Å²) in [7, 11) is 1.71. The number of rotatable bonds is 3. The van der Waals surface area contributed by atoms with Gasteiger partial charge in [-0.2, -0.15) is 5.26 Å². The predicted octanol–water partition coefficient (Wildman–Crippen LogP) is 3.52. The highest BCUT2D eigenvalue weighted by molar-refractivity contribution is 5.67. The zero-order valence-corrected chi connectivity index (χ0v) is 11.3. The SMILES string of the molecule is C[C@@H](O)c1cccc(F)c1N(C)c1cccc(C#N)c1. The number of benzene rings is 2. The van der Waals surface area contributed by atoms with Gasteiger partial charge < -0.3 is 10.0 Å². The lowest BCUT2D eigenvalue weighted by Gasteiger charge is -2.24. The van der Waals surface area contributed by atoms with Gasteiger partial charge in [0.2, 0.25) is 0 Å².